The number of aliphatic hydroxyl groups is 1. The van der Waals surface area contributed by atoms with Crippen LogP contribution in [-0.4, -0.2) is 46.2 Å². The van der Waals surface area contributed by atoms with Crippen molar-refractivity contribution in [1.29, 1.82) is 0 Å². The SMILES string of the molecule is OCCN1CCC(c2ccnc(Nc3ncc(/C=C/c4ccc(F)cc4)s3)c2)CC1. The number of thiazole rings is 1. The largest absolute Gasteiger partial charge is 0.395 e. The summed E-state index contributed by atoms with van der Waals surface area (Å²) in [5.41, 5.74) is 2.24. The van der Waals surface area contributed by atoms with Crippen LogP contribution < -0.4 is 5.32 Å². The van der Waals surface area contributed by atoms with E-state index in [0.29, 0.717) is 5.92 Å². The van der Waals surface area contributed by atoms with Crippen molar-refractivity contribution >= 4 is 34.4 Å². The van der Waals surface area contributed by atoms with Crippen LogP contribution in [0.15, 0.2) is 48.8 Å². The molecule has 1 fully saturated rings. The molecule has 2 N–H and O–H groups in total. The van der Waals surface area contributed by atoms with Gasteiger partial charge < -0.3 is 15.3 Å². The van der Waals surface area contributed by atoms with Gasteiger partial charge in [0.1, 0.15) is 11.6 Å². The Morgan fingerprint density at radius 3 is 2.70 bits per heavy atom. The lowest BCUT2D eigenvalue weighted by molar-refractivity contribution is 0.164. The van der Waals surface area contributed by atoms with Crippen LogP contribution in [0.5, 0.6) is 0 Å². The minimum Gasteiger partial charge on any atom is -0.395 e. The zero-order chi connectivity index (χ0) is 20.8. The van der Waals surface area contributed by atoms with Crippen molar-refractivity contribution < 1.29 is 9.50 Å². The molecule has 2 aromatic heterocycles. The zero-order valence-electron chi connectivity index (χ0n) is 16.7. The molecule has 0 aliphatic carbocycles. The number of aromatic nitrogens is 2. The molecule has 156 valence electrons. The number of pyridine rings is 1. The summed E-state index contributed by atoms with van der Waals surface area (Å²) in [4.78, 5) is 12.2. The van der Waals surface area contributed by atoms with Crippen molar-refractivity contribution in [1.82, 2.24) is 14.9 Å². The molecule has 7 heteroatoms. The van der Waals surface area contributed by atoms with Crippen LogP contribution in [0.3, 0.4) is 0 Å². The Bertz CT molecular complexity index is 981. The fraction of sp³-hybridized carbons (Fsp3) is 0.304. The molecule has 1 aliphatic rings. The number of hydrogen-bond donors (Lipinski definition) is 2. The predicted molar refractivity (Wildman–Crippen MR) is 120 cm³/mol. The molecule has 0 saturated carbocycles. The maximum absolute atomic E-state index is 13.0. The van der Waals surface area contributed by atoms with Gasteiger partial charge in [0.2, 0.25) is 0 Å². The molecule has 0 radical (unpaired) electrons. The number of halogens is 1. The molecule has 1 aliphatic heterocycles. The lowest BCUT2D eigenvalue weighted by Crippen LogP contribution is -2.34. The molecule has 0 bridgehead atoms. The van der Waals surface area contributed by atoms with Crippen LogP contribution in [0, 0.1) is 5.82 Å². The van der Waals surface area contributed by atoms with Gasteiger partial charge in [0.15, 0.2) is 5.13 Å². The summed E-state index contributed by atoms with van der Waals surface area (Å²) in [6, 6.07) is 10.6. The number of nitrogens with zero attached hydrogens (tertiary/aromatic N) is 3. The van der Waals surface area contributed by atoms with E-state index in [1.165, 1.54) is 17.7 Å². The molecule has 1 aromatic carbocycles. The average molecular weight is 425 g/mol. The number of benzene rings is 1. The van der Waals surface area contributed by atoms with Gasteiger partial charge in [-0.2, -0.15) is 0 Å². The number of anilines is 2. The van der Waals surface area contributed by atoms with E-state index in [1.54, 1.807) is 23.5 Å². The quantitative estimate of drug-likeness (QED) is 0.572. The molecule has 30 heavy (non-hydrogen) atoms. The molecule has 0 amide bonds. The molecular weight excluding hydrogens is 399 g/mol. The van der Waals surface area contributed by atoms with E-state index in [-0.39, 0.29) is 12.4 Å². The number of likely N-dealkylation sites (tertiary alicyclic amines) is 1. The Hall–Kier alpha value is -2.61. The Morgan fingerprint density at radius 2 is 1.93 bits per heavy atom. The first-order valence-electron chi connectivity index (χ1n) is 10.2. The molecule has 3 heterocycles. The van der Waals surface area contributed by atoms with Gasteiger partial charge >= 0.3 is 0 Å². The number of hydrogen-bond acceptors (Lipinski definition) is 6. The van der Waals surface area contributed by atoms with E-state index < -0.39 is 0 Å². The average Bonchev–Trinajstić information content (AvgIpc) is 3.21. The van der Waals surface area contributed by atoms with Gasteiger partial charge in [-0.15, -0.1) is 0 Å². The van der Waals surface area contributed by atoms with Crippen LogP contribution in [0.2, 0.25) is 0 Å². The number of β-amino-alcohol motifs (C(OH)–C–C–N with tert-alkyl or cyclic N) is 1. The highest BCUT2D eigenvalue weighted by molar-refractivity contribution is 7.16. The molecule has 4 rings (SSSR count). The predicted octanol–water partition coefficient (Wildman–Crippen LogP) is 4.76. The van der Waals surface area contributed by atoms with Crippen LogP contribution >= 0.6 is 11.3 Å². The first-order chi connectivity index (χ1) is 14.7. The van der Waals surface area contributed by atoms with Crippen LogP contribution in [0.4, 0.5) is 15.3 Å². The monoisotopic (exact) mass is 424 g/mol. The summed E-state index contributed by atoms with van der Waals surface area (Å²) in [7, 11) is 0. The molecule has 0 unspecified atom stereocenters. The van der Waals surface area contributed by atoms with Crippen LogP contribution in [0.25, 0.3) is 12.2 Å². The number of aliphatic hydroxyl groups excluding tert-OH is 1. The Morgan fingerprint density at radius 1 is 1.13 bits per heavy atom. The van der Waals surface area contributed by atoms with Crippen molar-refractivity contribution in [3.05, 3.63) is 70.6 Å². The first kappa shape index (κ1) is 20.7. The van der Waals surface area contributed by atoms with E-state index in [0.717, 1.165) is 53.9 Å². The van der Waals surface area contributed by atoms with Crippen LogP contribution in [0.1, 0.15) is 34.8 Å². The Labute approximate surface area is 179 Å². The standard InChI is InChI=1S/C23H25FN4OS/c24-20-4-1-17(2-5-20)3-6-21-16-26-23(30-21)27-22-15-19(7-10-25-22)18-8-11-28(12-9-18)13-14-29/h1-7,10,15-16,18,29H,8-9,11-14H2,(H,25,26,27)/b6-3+. The van der Waals surface area contributed by atoms with Gasteiger partial charge in [-0.25, -0.2) is 14.4 Å². The van der Waals surface area contributed by atoms with Crippen molar-refractivity contribution in [3.8, 4) is 0 Å². The fourth-order valence-electron chi connectivity index (χ4n) is 3.68. The van der Waals surface area contributed by atoms with E-state index in [2.05, 4.69) is 32.3 Å². The summed E-state index contributed by atoms with van der Waals surface area (Å²) in [6.07, 6.45) is 9.77. The third-order valence-electron chi connectivity index (χ3n) is 5.33. The number of piperidine rings is 1. The van der Waals surface area contributed by atoms with Crippen molar-refractivity contribution in [2.75, 3.05) is 31.6 Å². The van der Waals surface area contributed by atoms with Gasteiger partial charge in [-0.05, 0) is 73.3 Å². The van der Waals surface area contributed by atoms with E-state index in [4.69, 9.17) is 5.11 Å². The van der Waals surface area contributed by atoms with Gasteiger partial charge in [-0.1, -0.05) is 29.5 Å². The zero-order valence-corrected chi connectivity index (χ0v) is 17.5. The second-order valence-electron chi connectivity index (χ2n) is 7.39. The topological polar surface area (TPSA) is 61.3 Å². The molecule has 0 spiro atoms. The minimum absolute atomic E-state index is 0.225. The van der Waals surface area contributed by atoms with E-state index >= 15 is 0 Å². The van der Waals surface area contributed by atoms with Crippen molar-refractivity contribution in [2.24, 2.45) is 0 Å². The molecule has 0 atom stereocenters. The van der Waals surface area contributed by atoms with Gasteiger partial charge in [-0.3, -0.25) is 0 Å². The summed E-state index contributed by atoms with van der Waals surface area (Å²) in [6.45, 7) is 3.03. The second kappa shape index (κ2) is 9.93. The molecular formula is C23H25FN4OS. The third-order valence-corrected chi connectivity index (χ3v) is 6.21. The maximum atomic E-state index is 13.0. The second-order valence-corrected chi connectivity index (χ2v) is 8.45. The molecule has 1 saturated heterocycles. The summed E-state index contributed by atoms with van der Waals surface area (Å²) < 4.78 is 13.0. The third kappa shape index (κ3) is 5.50. The number of rotatable bonds is 7. The molecule has 5 nitrogen and oxygen atoms in total. The highest BCUT2D eigenvalue weighted by atomic mass is 32.1. The van der Waals surface area contributed by atoms with E-state index in [9.17, 15) is 4.39 Å². The lowest BCUT2D eigenvalue weighted by atomic mass is 9.90. The Kier molecular flexibility index (Phi) is 6.84. The smallest absolute Gasteiger partial charge is 0.188 e. The lowest BCUT2D eigenvalue weighted by Gasteiger charge is -2.31. The van der Waals surface area contributed by atoms with Gasteiger partial charge in [0.25, 0.3) is 0 Å². The van der Waals surface area contributed by atoms with Gasteiger partial charge in [0, 0.05) is 23.8 Å². The molecule has 3 aromatic rings. The van der Waals surface area contributed by atoms with Gasteiger partial charge in [0.05, 0.1) is 6.61 Å². The highest BCUT2D eigenvalue weighted by Crippen LogP contribution is 2.30. The van der Waals surface area contributed by atoms with E-state index in [1.807, 2.05) is 24.5 Å². The summed E-state index contributed by atoms with van der Waals surface area (Å²) >= 11 is 1.54. The fourth-order valence-corrected chi connectivity index (χ4v) is 4.41. The normalized spacial score (nSPS) is 15.7. The Balaban J connectivity index is 1.37. The first-order valence-corrected chi connectivity index (χ1v) is 11.0. The van der Waals surface area contributed by atoms with Crippen LogP contribution in [-0.2, 0) is 0 Å². The number of nitrogens with one attached hydrogen (secondary N) is 1. The minimum atomic E-state index is -0.234. The van der Waals surface area contributed by atoms with Crippen molar-refractivity contribution in [2.45, 2.75) is 18.8 Å². The van der Waals surface area contributed by atoms with Crippen molar-refractivity contribution in [3.63, 3.8) is 0 Å². The summed E-state index contributed by atoms with van der Waals surface area (Å²) in [5.74, 6) is 1.09. The highest BCUT2D eigenvalue weighted by Gasteiger charge is 2.20. The summed E-state index contributed by atoms with van der Waals surface area (Å²) in [5, 5.41) is 13.2. The maximum Gasteiger partial charge on any atom is 0.188 e.